The third kappa shape index (κ3) is 2.30. The number of ether oxygens (including phenoxy) is 1. The lowest BCUT2D eigenvalue weighted by atomic mass is 9.84. The van der Waals surface area contributed by atoms with Crippen molar-refractivity contribution in [2.45, 2.75) is 32.0 Å². The summed E-state index contributed by atoms with van der Waals surface area (Å²) in [5.41, 5.74) is 2.51. The van der Waals surface area contributed by atoms with Crippen molar-refractivity contribution < 1.29 is 9.84 Å². The van der Waals surface area contributed by atoms with Gasteiger partial charge in [-0.3, -0.25) is 0 Å². The van der Waals surface area contributed by atoms with E-state index in [4.69, 9.17) is 16.3 Å². The molecular weight excluding hydrogens is 272 g/mol. The molecule has 1 heterocycles. The first-order valence-electron chi connectivity index (χ1n) is 6.72. The number of benzene rings is 2. The Kier molecular flexibility index (Phi) is 3.23. The molecule has 2 aromatic rings. The summed E-state index contributed by atoms with van der Waals surface area (Å²) < 4.78 is 6.17. The van der Waals surface area contributed by atoms with Crippen molar-refractivity contribution in [3.8, 4) is 5.75 Å². The fourth-order valence-corrected chi connectivity index (χ4v) is 2.97. The van der Waals surface area contributed by atoms with Gasteiger partial charge in [-0.2, -0.15) is 0 Å². The summed E-state index contributed by atoms with van der Waals surface area (Å²) in [4.78, 5) is 0. The van der Waals surface area contributed by atoms with Crippen LogP contribution in [0.25, 0.3) is 0 Å². The Hall–Kier alpha value is -1.51. The minimum atomic E-state index is -0.567. The molecule has 0 aliphatic carbocycles. The predicted octanol–water partition coefficient (Wildman–Crippen LogP) is 4.38. The molecule has 2 nitrogen and oxygen atoms in total. The van der Waals surface area contributed by atoms with Gasteiger partial charge in [-0.25, -0.2) is 0 Å². The van der Waals surface area contributed by atoms with Crippen LogP contribution in [0.5, 0.6) is 5.75 Å². The Morgan fingerprint density at radius 2 is 2.05 bits per heavy atom. The smallest absolute Gasteiger partial charge is 0.134 e. The van der Waals surface area contributed by atoms with Crippen molar-refractivity contribution in [3.05, 3.63) is 64.2 Å². The first-order valence-corrected chi connectivity index (χ1v) is 7.09. The van der Waals surface area contributed by atoms with E-state index in [1.807, 2.05) is 25.1 Å². The number of hydrogen-bond acceptors (Lipinski definition) is 2. The highest BCUT2D eigenvalue weighted by atomic mass is 35.5. The number of hydrogen-bond donors (Lipinski definition) is 1. The van der Waals surface area contributed by atoms with Crippen LogP contribution < -0.4 is 4.74 Å². The largest absolute Gasteiger partial charge is 0.482 e. The second-order valence-corrected chi connectivity index (χ2v) is 6.04. The summed E-state index contributed by atoms with van der Waals surface area (Å²) in [6, 6.07) is 13.6. The predicted molar refractivity (Wildman–Crippen MR) is 80.2 cm³/mol. The molecule has 0 saturated heterocycles. The average molecular weight is 289 g/mol. The van der Waals surface area contributed by atoms with Crippen LogP contribution in [0.1, 0.15) is 36.1 Å². The SMILES string of the molecule is Cc1cccc(C2(C)CC(O)c3cc(Cl)ccc3O2)c1. The summed E-state index contributed by atoms with van der Waals surface area (Å²) in [6.07, 6.45) is -0.0490. The molecular formula is C17H17ClO2. The molecule has 2 atom stereocenters. The normalized spacial score (nSPS) is 24.9. The number of halogens is 1. The first-order chi connectivity index (χ1) is 9.48. The molecule has 0 amide bonds. The number of aryl methyl sites for hydroxylation is 1. The quantitative estimate of drug-likeness (QED) is 0.844. The van der Waals surface area contributed by atoms with Crippen LogP contribution in [0.3, 0.4) is 0 Å². The summed E-state index contributed by atoms with van der Waals surface area (Å²) >= 11 is 5.98. The highest BCUT2D eigenvalue weighted by Crippen LogP contribution is 2.45. The molecule has 1 aliphatic rings. The first kappa shape index (κ1) is 13.5. The van der Waals surface area contributed by atoms with Crippen LogP contribution in [-0.4, -0.2) is 5.11 Å². The summed E-state index contributed by atoms with van der Waals surface area (Å²) in [6.45, 7) is 4.07. The van der Waals surface area contributed by atoms with E-state index in [1.165, 1.54) is 5.56 Å². The molecule has 104 valence electrons. The van der Waals surface area contributed by atoms with E-state index in [1.54, 1.807) is 12.1 Å². The van der Waals surface area contributed by atoms with Gasteiger partial charge < -0.3 is 9.84 Å². The van der Waals surface area contributed by atoms with Gasteiger partial charge in [0.2, 0.25) is 0 Å². The number of rotatable bonds is 1. The molecule has 0 radical (unpaired) electrons. The fourth-order valence-electron chi connectivity index (χ4n) is 2.79. The highest BCUT2D eigenvalue weighted by Gasteiger charge is 2.38. The van der Waals surface area contributed by atoms with Crippen LogP contribution in [-0.2, 0) is 5.60 Å². The van der Waals surface area contributed by atoms with Gasteiger partial charge in [-0.15, -0.1) is 0 Å². The molecule has 0 aromatic heterocycles. The minimum Gasteiger partial charge on any atom is -0.482 e. The molecule has 0 bridgehead atoms. The molecule has 0 saturated carbocycles. The Morgan fingerprint density at radius 3 is 2.80 bits per heavy atom. The molecule has 2 unspecified atom stereocenters. The minimum absolute atomic E-state index is 0.518. The van der Waals surface area contributed by atoms with E-state index in [2.05, 4.69) is 19.1 Å². The zero-order valence-electron chi connectivity index (χ0n) is 11.6. The van der Waals surface area contributed by atoms with Gasteiger partial charge in [-0.05, 0) is 37.6 Å². The third-order valence-electron chi connectivity index (χ3n) is 3.88. The maximum Gasteiger partial charge on any atom is 0.134 e. The Labute approximate surface area is 124 Å². The molecule has 3 rings (SSSR count). The lowest BCUT2D eigenvalue weighted by molar-refractivity contribution is -0.00487. The van der Waals surface area contributed by atoms with Crippen molar-refractivity contribution in [1.82, 2.24) is 0 Å². The van der Waals surface area contributed by atoms with Crippen LogP contribution in [0.2, 0.25) is 5.02 Å². The fraction of sp³-hybridized carbons (Fsp3) is 0.294. The van der Waals surface area contributed by atoms with E-state index in [9.17, 15) is 5.11 Å². The zero-order valence-corrected chi connectivity index (χ0v) is 12.3. The van der Waals surface area contributed by atoms with Gasteiger partial charge in [-0.1, -0.05) is 41.4 Å². The molecule has 20 heavy (non-hydrogen) atoms. The van der Waals surface area contributed by atoms with Gasteiger partial charge in [0, 0.05) is 17.0 Å². The van der Waals surface area contributed by atoms with E-state index in [0.717, 1.165) is 11.1 Å². The van der Waals surface area contributed by atoms with Crippen molar-refractivity contribution in [3.63, 3.8) is 0 Å². The molecule has 0 spiro atoms. The highest BCUT2D eigenvalue weighted by molar-refractivity contribution is 6.30. The van der Waals surface area contributed by atoms with Gasteiger partial charge in [0.05, 0.1) is 6.10 Å². The number of aliphatic hydroxyl groups is 1. The van der Waals surface area contributed by atoms with Crippen molar-refractivity contribution in [2.24, 2.45) is 0 Å². The maximum atomic E-state index is 10.4. The standard InChI is InChI=1S/C17H17ClO2/c1-11-4-3-5-12(8-11)17(2)10-15(19)14-9-13(18)6-7-16(14)20-17/h3-9,15,19H,10H2,1-2H3. The lowest BCUT2D eigenvalue weighted by Crippen LogP contribution is -2.35. The van der Waals surface area contributed by atoms with Gasteiger partial charge in [0.1, 0.15) is 11.4 Å². The van der Waals surface area contributed by atoms with Gasteiger partial charge in [0.15, 0.2) is 0 Å². The molecule has 2 aromatic carbocycles. The Balaban J connectivity index is 2.04. The second-order valence-electron chi connectivity index (χ2n) is 5.60. The lowest BCUT2D eigenvalue weighted by Gasteiger charge is -2.38. The topological polar surface area (TPSA) is 29.5 Å². The molecule has 1 N–H and O–H groups in total. The number of aliphatic hydroxyl groups excluding tert-OH is 1. The van der Waals surface area contributed by atoms with Crippen LogP contribution in [0.15, 0.2) is 42.5 Å². The Bertz CT molecular complexity index is 653. The van der Waals surface area contributed by atoms with E-state index >= 15 is 0 Å². The summed E-state index contributed by atoms with van der Waals surface area (Å²) in [7, 11) is 0. The zero-order chi connectivity index (χ0) is 14.3. The molecule has 0 fully saturated rings. The van der Waals surface area contributed by atoms with Crippen molar-refractivity contribution in [1.29, 1.82) is 0 Å². The second kappa shape index (κ2) is 4.80. The van der Waals surface area contributed by atoms with E-state index in [-0.39, 0.29) is 0 Å². The summed E-state index contributed by atoms with van der Waals surface area (Å²) in [5.74, 6) is 0.706. The maximum absolute atomic E-state index is 10.4. The van der Waals surface area contributed by atoms with Crippen LogP contribution >= 0.6 is 11.6 Å². The molecule has 1 aliphatic heterocycles. The molecule has 3 heteroatoms. The van der Waals surface area contributed by atoms with E-state index in [0.29, 0.717) is 17.2 Å². The van der Waals surface area contributed by atoms with Gasteiger partial charge in [0.25, 0.3) is 0 Å². The average Bonchev–Trinajstić information content (AvgIpc) is 2.40. The third-order valence-corrected chi connectivity index (χ3v) is 4.11. The van der Waals surface area contributed by atoms with Crippen LogP contribution in [0, 0.1) is 6.92 Å². The van der Waals surface area contributed by atoms with Crippen molar-refractivity contribution in [2.75, 3.05) is 0 Å². The van der Waals surface area contributed by atoms with E-state index < -0.39 is 11.7 Å². The summed E-state index contributed by atoms with van der Waals surface area (Å²) in [5, 5.41) is 11.0. The number of fused-ring (bicyclic) bond motifs is 1. The van der Waals surface area contributed by atoms with Gasteiger partial charge >= 0.3 is 0 Å². The monoisotopic (exact) mass is 288 g/mol. The van der Waals surface area contributed by atoms with Crippen LogP contribution in [0.4, 0.5) is 0 Å². The van der Waals surface area contributed by atoms with Crippen molar-refractivity contribution >= 4 is 11.6 Å². The Morgan fingerprint density at radius 1 is 1.25 bits per heavy atom.